The number of aryl methyl sites for hydroxylation is 2. The van der Waals surface area contributed by atoms with Gasteiger partial charge in [-0.3, -0.25) is 4.79 Å². The fraction of sp³-hybridized carbons (Fsp3) is 0.136. The van der Waals surface area contributed by atoms with Crippen LogP contribution in [0.2, 0.25) is 0 Å². The first kappa shape index (κ1) is 18.1. The minimum atomic E-state index is -0.447. The molecule has 28 heavy (non-hydrogen) atoms. The number of hydrogen-bond donors (Lipinski definition) is 1. The van der Waals surface area contributed by atoms with Gasteiger partial charge in [0.2, 0.25) is 5.91 Å². The van der Waals surface area contributed by atoms with E-state index in [1.165, 1.54) is 16.9 Å². The number of anilines is 1. The number of nitrogens with zero attached hydrogens (tertiary/aromatic N) is 1. The summed E-state index contributed by atoms with van der Waals surface area (Å²) < 4.78 is 5.36. The summed E-state index contributed by atoms with van der Waals surface area (Å²) >= 11 is 1.28. The standard InChI is InChI=1S/C22H18N2O3S/c1-13-7-8-15(14(2)9-13)11-20(25)24-22-23-18(12-28-22)17-10-16-5-3-4-6-19(16)27-21(17)26/h3-10,12H,11H2,1-2H3,(H,23,24,25). The van der Waals surface area contributed by atoms with Crippen molar-refractivity contribution in [3.8, 4) is 11.3 Å². The summed E-state index contributed by atoms with van der Waals surface area (Å²) in [5.74, 6) is -0.140. The smallest absolute Gasteiger partial charge is 0.345 e. The molecule has 0 saturated heterocycles. The van der Waals surface area contributed by atoms with Gasteiger partial charge in [-0.05, 0) is 37.1 Å². The van der Waals surface area contributed by atoms with E-state index in [1.54, 1.807) is 17.5 Å². The van der Waals surface area contributed by atoms with Gasteiger partial charge in [-0.25, -0.2) is 9.78 Å². The van der Waals surface area contributed by atoms with Crippen molar-refractivity contribution in [1.29, 1.82) is 0 Å². The summed E-state index contributed by atoms with van der Waals surface area (Å²) in [6, 6.07) is 15.1. The summed E-state index contributed by atoms with van der Waals surface area (Å²) in [6.45, 7) is 4.02. The lowest BCUT2D eigenvalue weighted by Gasteiger charge is -2.06. The summed E-state index contributed by atoms with van der Waals surface area (Å²) in [5.41, 5.74) is 4.20. The average molecular weight is 390 g/mol. The fourth-order valence-corrected chi connectivity index (χ4v) is 3.80. The molecule has 0 saturated carbocycles. The highest BCUT2D eigenvalue weighted by Gasteiger charge is 2.13. The molecule has 0 unspecified atom stereocenters. The topological polar surface area (TPSA) is 72.2 Å². The molecule has 0 atom stereocenters. The van der Waals surface area contributed by atoms with Crippen LogP contribution in [0, 0.1) is 13.8 Å². The molecule has 2 aromatic heterocycles. The fourth-order valence-electron chi connectivity index (χ4n) is 3.08. The predicted octanol–water partition coefficient (Wildman–Crippen LogP) is 4.71. The molecule has 4 rings (SSSR count). The van der Waals surface area contributed by atoms with Gasteiger partial charge >= 0.3 is 5.63 Å². The zero-order valence-electron chi connectivity index (χ0n) is 15.5. The zero-order chi connectivity index (χ0) is 19.7. The SMILES string of the molecule is Cc1ccc(CC(=O)Nc2nc(-c3cc4ccccc4oc3=O)cs2)c(C)c1. The van der Waals surface area contributed by atoms with Crippen molar-refractivity contribution in [3.05, 3.63) is 81.0 Å². The van der Waals surface area contributed by atoms with Crippen molar-refractivity contribution >= 4 is 33.3 Å². The highest BCUT2D eigenvalue weighted by atomic mass is 32.1. The van der Waals surface area contributed by atoms with Gasteiger partial charge in [-0.1, -0.05) is 42.0 Å². The maximum atomic E-state index is 12.4. The molecule has 2 aromatic carbocycles. The molecule has 1 amide bonds. The highest BCUT2D eigenvalue weighted by Crippen LogP contribution is 2.25. The summed E-state index contributed by atoms with van der Waals surface area (Å²) in [6.07, 6.45) is 0.277. The van der Waals surface area contributed by atoms with Crippen LogP contribution in [0.25, 0.3) is 22.2 Å². The van der Waals surface area contributed by atoms with E-state index in [-0.39, 0.29) is 12.3 Å². The largest absolute Gasteiger partial charge is 0.422 e. The lowest BCUT2D eigenvalue weighted by molar-refractivity contribution is -0.115. The Balaban J connectivity index is 1.54. The number of fused-ring (bicyclic) bond motifs is 1. The number of nitrogens with one attached hydrogen (secondary N) is 1. The molecule has 6 heteroatoms. The third-order valence-electron chi connectivity index (χ3n) is 4.52. The number of carbonyl (C=O) groups is 1. The number of carbonyl (C=O) groups excluding carboxylic acids is 1. The van der Waals surface area contributed by atoms with Crippen LogP contribution in [0.1, 0.15) is 16.7 Å². The number of rotatable bonds is 4. The normalized spacial score (nSPS) is 10.9. The Kier molecular flexibility index (Phi) is 4.79. The second-order valence-electron chi connectivity index (χ2n) is 6.68. The van der Waals surface area contributed by atoms with E-state index >= 15 is 0 Å². The number of benzene rings is 2. The van der Waals surface area contributed by atoms with E-state index in [0.29, 0.717) is 22.0 Å². The van der Waals surface area contributed by atoms with E-state index in [2.05, 4.69) is 16.4 Å². The first-order valence-corrected chi connectivity index (χ1v) is 9.72. The minimum Gasteiger partial charge on any atom is -0.422 e. The molecule has 0 spiro atoms. The lowest BCUT2D eigenvalue weighted by atomic mass is 10.0. The zero-order valence-corrected chi connectivity index (χ0v) is 16.3. The summed E-state index contributed by atoms with van der Waals surface area (Å²) in [4.78, 5) is 29.1. The van der Waals surface area contributed by atoms with Gasteiger partial charge in [0.25, 0.3) is 0 Å². The number of amides is 1. The third-order valence-corrected chi connectivity index (χ3v) is 5.27. The van der Waals surface area contributed by atoms with Crippen LogP contribution in [-0.2, 0) is 11.2 Å². The molecule has 0 bridgehead atoms. The maximum absolute atomic E-state index is 12.4. The summed E-state index contributed by atoms with van der Waals surface area (Å²) in [7, 11) is 0. The molecule has 0 fully saturated rings. The lowest BCUT2D eigenvalue weighted by Crippen LogP contribution is -2.15. The van der Waals surface area contributed by atoms with Gasteiger partial charge in [0.05, 0.1) is 17.7 Å². The maximum Gasteiger partial charge on any atom is 0.345 e. The molecule has 1 N–H and O–H groups in total. The molecule has 0 radical (unpaired) electrons. The molecule has 0 aliphatic carbocycles. The van der Waals surface area contributed by atoms with Gasteiger partial charge in [0, 0.05) is 10.8 Å². The summed E-state index contributed by atoms with van der Waals surface area (Å²) in [5, 5.41) is 5.84. The Labute approximate surface area is 165 Å². The second-order valence-corrected chi connectivity index (χ2v) is 7.54. The van der Waals surface area contributed by atoms with Crippen molar-refractivity contribution in [2.45, 2.75) is 20.3 Å². The van der Waals surface area contributed by atoms with Gasteiger partial charge in [0.15, 0.2) is 5.13 Å². The Hall–Kier alpha value is -3.25. The quantitative estimate of drug-likeness (QED) is 0.512. The Morgan fingerprint density at radius 1 is 1.14 bits per heavy atom. The molecule has 0 aliphatic heterocycles. The number of para-hydroxylation sites is 1. The van der Waals surface area contributed by atoms with Crippen LogP contribution < -0.4 is 10.9 Å². The molecular weight excluding hydrogens is 372 g/mol. The van der Waals surface area contributed by atoms with Crippen molar-refractivity contribution in [2.24, 2.45) is 0 Å². The van der Waals surface area contributed by atoms with E-state index in [1.807, 2.05) is 44.2 Å². The van der Waals surface area contributed by atoms with E-state index < -0.39 is 5.63 Å². The van der Waals surface area contributed by atoms with Crippen LogP contribution in [-0.4, -0.2) is 10.9 Å². The van der Waals surface area contributed by atoms with Gasteiger partial charge in [-0.15, -0.1) is 11.3 Å². The predicted molar refractivity (Wildman–Crippen MR) is 112 cm³/mol. The number of thiazole rings is 1. The molecule has 4 aromatic rings. The van der Waals surface area contributed by atoms with Crippen molar-refractivity contribution in [2.75, 3.05) is 5.32 Å². The molecule has 2 heterocycles. The molecular formula is C22H18N2O3S. The van der Waals surface area contributed by atoms with E-state index in [4.69, 9.17) is 4.42 Å². The van der Waals surface area contributed by atoms with Gasteiger partial charge in [-0.2, -0.15) is 0 Å². The van der Waals surface area contributed by atoms with Crippen LogP contribution in [0.5, 0.6) is 0 Å². The Bertz CT molecular complexity index is 1240. The minimum absolute atomic E-state index is 0.140. The number of hydrogen-bond acceptors (Lipinski definition) is 5. The highest BCUT2D eigenvalue weighted by molar-refractivity contribution is 7.14. The van der Waals surface area contributed by atoms with Crippen LogP contribution >= 0.6 is 11.3 Å². The Morgan fingerprint density at radius 2 is 1.96 bits per heavy atom. The van der Waals surface area contributed by atoms with Gasteiger partial charge < -0.3 is 9.73 Å². The van der Waals surface area contributed by atoms with E-state index in [0.717, 1.165) is 16.5 Å². The second kappa shape index (κ2) is 7.40. The van der Waals surface area contributed by atoms with Crippen LogP contribution in [0.15, 0.2) is 63.1 Å². The van der Waals surface area contributed by atoms with Crippen molar-refractivity contribution < 1.29 is 9.21 Å². The number of aromatic nitrogens is 1. The first-order chi connectivity index (χ1) is 13.5. The van der Waals surface area contributed by atoms with Gasteiger partial charge in [0.1, 0.15) is 5.58 Å². The Morgan fingerprint density at radius 3 is 2.79 bits per heavy atom. The van der Waals surface area contributed by atoms with Crippen molar-refractivity contribution in [3.63, 3.8) is 0 Å². The third kappa shape index (κ3) is 3.73. The monoisotopic (exact) mass is 390 g/mol. The van der Waals surface area contributed by atoms with Crippen LogP contribution in [0.3, 0.4) is 0 Å². The molecule has 0 aliphatic rings. The molecule has 140 valence electrons. The first-order valence-electron chi connectivity index (χ1n) is 8.84. The average Bonchev–Trinajstić information content (AvgIpc) is 3.11. The van der Waals surface area contributed by atoms with Crippen molar-refractivity contribution in [1.82, 2.24) is 4.98 Å². The van der Waals surface area contributed by atoms with E-state index in [9.17, 15) is 9.59 Å². The molecule has 5 nitrogen and oxygen atoms in total. The van der Waals surface area contributed by atoms with Crippen LogP contribution in [0.4, 0.5) is 5.13 Å².